The lowest BCUT2D eigenvalue weighted by atomic mass is 10.1. The van der Waals surface area contributed by atoms with Gasteiger partial charge in [0.15, 0.2) is 0 Å². The van der Waals surface area contributed by atoms with Gasteiger partial charge in [-0.1, -0.05) is 17.3 Å². The van der Waals surface area contributed by atoms with Gasteiger partial charge in [-0.15, -0.1) is 5.10 Å². The SMILES string of the molecule is O=C(O)C(F)(F)F.O=C(O)C(F)(F)F.c1cncc(-c2ccc3c(C4CN(Cc5ccsc5)CCO4)nnn3c2)c1. The number of morpholine rings is 1. The maximum absolute atomic E-state index is 10.6. The van der Waals surface area contributed by atoms with Crippen molar-refractivity contribution < 1.29 is 50.9 Å². The molecule has 0 aromatic carbocycles. The topological polar surface area (TPSA) is 130 Å². The number of pyridine rings is 2. The fraction of sp³-hybridized carbons (Fsp3) is 0.292. The molecule has 5 rings (SSSR count). The molecular formula is C24H21F6N5O5S. The van der Waals surface area contributed by atoms with Crippen molar-refractivity contribution in [2.45, 2.75) is 25.0 Å². The summed E-state index contributed by atoms with van der Waals surface area (Å²) < 4.78 is 71.3. The first-order valence-corrected chi connectivity index (χ1v) is 12.4. The zero-order valence-corrected chi connectivity index (χ0v) is 21.5. The number of carboxylic acid groups (broad SMARTS) is 2. The molecule has 4 aromatic rings. The molecule has 0 aliphatic carbocycles. The molecule has 0 bridgehead atoms. The molecule has 220 valence electrons. The van der Waals surface area contributed by atoms with Gasteiger partial charge in [-0.3, -0.25) is 9.88 Å². The Hall–Kier alpha value is -4.09. The Morgan fingerprint density at radius 2 is 1.71 bits per heavy atom. The number of rotatable bonds is 4. The number of ether oxygens (including phenoxy) is 1. The van der Waals surface area contributed by atoms with Crippen LogP contribution in [0.15, 0.2) is 59.7 Å². The van der Waals surface area contributed by atoms with Crippen molar-refractivity contribution in [3.05, 3.63) is 70.9 Å². The lowest BCUT2D eigenvalue weighted by Gasteiger charge is -2.31. The molecule has 0 spiro atoms. The summed E-state index contributed by atoms with van der Waals surface area (Å²) in [4.78, 5) is 24.4. The van der Waals surface area contributed by atoms with E-state index in [2.05, 4.69) is 49.2 Å². The van der Waals surface area contributed by atoms with Crippen molar-refractivity contribution in [1.29, 1.82) is 0 Å². The molecule has 0 saturated carbocycles. The second-order valence-corrected chi connectivity index (χ2v) is 9.08. The van der Waals surface area contributed by atoms with Crippen molar-refractivity contribution in [3.8, 4) is 11.1 Å². The Morgan fingerprint density at radius 1 is 1.02 bits per heavy atom. The Kier molecular flexibility index (Phi) is 10.4. The molecule has 2 N–H and O–H groups in total. The van der Waals surface area contributed by atoms with Crippen LogP contribution >= 0.6 is 11.3 Å². The maximum atomic E-state index is 10.6. The summed E-state index contributed by atoms with van der Waals surface area (Å²) in [5.74, 6) is -5.51. The molecule has 41 heavy (non-hydrogen) atoms. The molecule has 0 amide bonds. The summed E-state index contributed by atoms with van der Waals surface area (Å²) in [5, 5.41) is 27.3. The first kappa shape index (κ1) is 31.4. The molecule has 1 fully saturated rings. The third-order valence-electron chi connectivity index (χ3n) is 5.36. The van der Waals surface area contributed by atoms with Gasteiger partial charge in [-0.25, -0.2) is 14.1 Å². The van der Waals surface area contributed by atoms with Crippen molar-refractivity contribution >= 4 is 28.8 Å². The third kappa shape index (κ3) is 9.22. The van der Waals surface area contributed by atoms with E-state index in [1.54, 1.807) is 17.5 Å². The monoisotopic (exact) mass is 605 g/mol. The number of aliphatic carboxylic acids is 2. The van der Waals surface area contributed by atoms with Crippen molar-refractivity contribution in [3.63, 3.8) is 0 Å². The minimum Gasteiger partial charge on any atom is -0.475 e. The van der Waals surface area contributed by atoms with Gasteiger partial charge < -0.3 is 14.9 Å². The summed E-state index contributed by atoms with van der Waals surface area (Å²) in [7, 11) is 0. The van der Waals surface area contributed by atoms with E-state index >= 15 is 0 Å². The normalized spacial score (nSPS) is 15.8. The number of alkyl halides is 6. The van der Waals surface area contributed by atoms with E-state index in [1.807, 2.05) is 29.0 Å². The number of carboxylic acids is 2. The predicted molar refractivity (Wildman–Crippen MR) is 132 cm³/mol. The fourth-order valence-electron chi connectivity index (χ4n) is 3.50. The van der Waals surface area contributed by atoms with Crippen LogP contribution < -0.4 is 0 Å². The van der Waals surface area contributed by atoms with Gasteiger partial charge in [0.05, 0.1) is 12.1 Å². The van der Waals surface area contributed by atoms with E-state index in [4.69, 9.17) is 24.5 Å². The Labute approximate surface area is 231 Å². The molecule has 5 heterocycles. The highest BCUT2D eigenvalue weighted by Gasteiger charge is 2.38. The lowest BCUT2D eigenvalue weighted by molar-refractivity contribution is -0.193. The van der Waals surface area contributed by atoms with Crippen molar-refractivity contribution in [1.82, 2.24) is 24.7 Å². The van der Waals surface area contributed by atoms with Gasteiger partial charge in [0.2, 0.25) is 0 Å². The lowest BCUT2D eigenvalue weighted by Crippen LogP contribution is -2.37. The number of carbonyl (C=O) groups is 2. The van der Waals surface area contributed by atoms with Crippen LogP contribution in [0.1, 0.15) is 17.4 Å². The molecule has 1 aliphatic heterocycles. The summed E-state index contributed by atoms with van der Waals surface area (Å²) in [5.41, 5.74) is 5.38. The van der Waals surface area contributed by atoms with Gasteiger partial charge in [-0.05, 0) is 34.5 Å². The summed E-state index contributed by atoms with van der Waals surface area (Å²) in [6.07, 6.45) is -4.60. The van der Waals surface area contributed by atoms with Crippen LogP contribution in [0.5, 0.6) is 0 Å². The molecular weight excluding hydrogens is 584 g/mol. The van der Waals surface area contributed by atoms with Crippen molar-refractivity contribution in [2.24, 2.45) is 0 Å². The third-order valence-corrected chi connectivity index (χ3v) is 6.09. The van der Waals surface area contributed by atoms with Crippen LogP contribution in [0.25, 0.3) is 16.6 Å². The first-order chi connectivity index (χ1) is 19.3. The van der Waals surface area contributed by atoms with Crippen LogP contribution in [0.4, 0.5) is 26.3 Å². The average Bonchev–Trinajstić information content (AvgIpc) is 3.58. The highest BCUT2D eigenvalue weighted by atomic mass is 32.1. The van der Waals surface area contributed by atoms with E-state index < -0.39 is 24.3 Å². The Bertz CT molecular complexity index is 1410. The van der Waals surface area contributed by atoms with E-state index in [-0.39, 0.29) is 6.10 Å². The van der Waals surface area contributed by atoms with Gasteiger partial charge in [0, 0.05) is 49.4 Å². The van der Waals surface area contributed by atoms with Crippen LogP contribution in [0.2, 0.25) is 0 Å². The summed E-state index contributed by atoms with van der Waals surface area (Å²) in [6.45, 7) is 3.43. The zero-order chi connectivity index (χ0) is 30.2. The summed E-state index contributed by atoms with van der Waals surface area (Å²) >= 11 is 1.74. The van der Waals surface area contributed by atoms with E-state index in [0.717, 1.165) is 42.0 Å². The van der Waals surface area contributed by atoms with Crippen LogP contribution in [0, 0.1) is 0 Å². The smallest absolute Gasteiger partial charge is 0.475 e. The fourth-order valence-corrected chi connectivity index (χ4v) is 4.16. The largest absolute Gasteiger partial charge is 0.490 e. The van der Waals surface area contributed by atoms with Crippen molar-refractivity contribution in [2.75, 3.05) is 19.7 Å². The average molecular weight is 606 g/mol. The predicted octanol–water partition coefficient (Wildman–Crippen LogP) is 4.69. The molecule has 0 radical (unpaired) electrons. The number of hydrogen-bond acceptors (Lipinski definition) is 8. The van der Waals surface area contributed by atoms with E-state index in [0.29, 0.717) is 6.61 Å². The molecule has 10 nitrogen and oxygen atoms in total. The Morgan fingerprint density at radius 3 is 2.27 bits per heavy atom. The minimum atomic E-state index is -5.08. The molecule has 1 atom stereocenters. The maximum Gasteiger partial charge on any atom is 0.490 e. The van der Waals surface area contributed by atoms with Crippen LogP contribution in [-0.4, -0.2) is 78.9 Å². The number of halogens is 6. The number of thiophene rings is 1. The summed E-state index contributed by atoms with van der Waals surface area (Å²) in [6, 6.07) is 10.3. The number of nitrogens with zero attached hydrogens (tertiary/aromatic N) is 5. The van der Waals surface area contributed by atoms with Gasteiger partial charge in [0.25, 0.3) is 0 Å². The highest BCUT2D eigenvalue weighted by Crippen LogP contribution is 2.27. The van der Waals surface area contributed by atoms with Crippen LogP contribution in [0.3, 0.4) is 0 Å². The molecule has 1 saturated heterocycles. The molecule has 1 aliphatic rings. The number of aromatic nitrogens is 4. The van der Waals surface area contributed by atoms with Gasteiger partial charge in [-0.2, -0.15) is 37.7 Å². The molecule has 17 heteroatoms. The first-order valence-electron chi connectivity index (χ1n) is 11.5. The quantitative estimate of drug-likeness (QED) is 0.318. The number of hydrogen-bond donors (Lipinski definition) is 2. The molecule has 1 unspecified atom stereocenters. The van der Waals surface area contributed by atoms with E-state index in [1.165, 1.54) is 5.56 Å². The van der Waals surface area contributed by atoms with Gasteiger partial charge in [0.1, 0.15) is 11.8 Å². The second kappa shape index (κ2) is 13.5. The second-order valence-electron chi connectivity index (χ2n) is 8.30. The zero-order valence-electron chi connectivity index (χ0n) is 20.7. The number of fused-ring (bicyclic) bond motifs is 1. The standard InChI is InChI=1S/C20H19N5OS.2C2HF3O2/c1-2-16(10-21-6-1)17-3-4-18-20(22-23-25(18)12-17)19-13-24(7-8-26-19)11-15-5-9-27-14-15;2*3-2(4,5)1(6)7/h1-6,9-10,12,14,19H,7-8,11,13H2;2*(H,6,7). The highest BCUT2D eigenvalue weighted by molar-refractivity contribution is 7.07. The molecule has 4 aromatic heterocycles. The van der Waals surface area contributed by atoms with Gasteiger partial charge >= 0.3 is 24.3 Å². The van der Waals surface area contributed by atoms with E-state index in [9.17, 15) is 26.3 Å². The Balaban J connectivity index is 0.000000276. The van der Waals surface area contributed by atoms with Crippen LogP contribution in [-0.2, 0) is 20.9 Å². The minimum absolute atomic E-state index is 0.0564.